The van der Waals surface area contributed by atoms with Crippen LogP contribution in [0.25, 0.3) is 22.3 Å². The highest BCUT2D eigenvalue weighted by Crippen LogP contribution is 2.47. The van der Waals surface area contributed by atoms with Gasteiger partial charge < -0.3 is 24.8 Å². The standard InChI is InChI=1S/C26H24FN3O5S/c1-3-26(34)15-6-19-23-13(8-30(19)24(36)14(15)10-35-25(26)33)22-17(28-20(32)9-31)5-4-12-11(2)16(27)7-18(29-23)21(12)22/h6-7,17,31,34H,3-5,8-10H2,1-2H3,(H,28,32)/t17-,26+/m1/s1. The van der Waals surface area contributed by atoms with Crippen molar-refractivity contribution in [2.45, 2.75) is 57.9 Å². The van der Waals surface area contributed by atoms with Gasteiger partial charge in [-0.25, -0.2) is 14.2 Å². The molecule has 2 aromatic heterocycles. The van der Waals surface area contributed by atoms with E-state index >= 15 is 0 Å². The predicted molar refractivity (Wildman–Crippen MR) is 130 cm³/mol. The Hall–Kier alpha value is -3.21. The van der Waals surface area contributed by atoms with Crippen LogP contribution in [0, 0.1) is 17.4 Å². The third-order valence-corrected chi connectivity index (χ3v) is 8.32. The Kier molecular flexibility index (Phi) is 5.09. The van der Waals surface area contributed by atoms with E-state index in [1.165, 1.54) is 6.07 Å². The Bertz CT molecular complexity index is 1580. The number of carbonyl (C=O) groups is 2. The van der Waals surface area contributed by atoms with Crippen LogP contribution < -0.4 is 5.32 Å². The number of rotatable bonds is 3. The van der Waals surface area contributed by atoms with Crippen molar-refractivity contribution >= 4 is 35.0 Å². The van der Waals surface area contributed by atoms with Crippen molar-refractivity contribution in [1.82, 2.24) is 14.9 Å². The molecule has 2 atom stereocenters. The van der Waals surface area contributed by atoms with Crippen LogP contribution in [-0.4, -0.2) is 38.2 Å². The minimum Gasteiger partial charge on any atom is -0.458 e. The zero-order valence-electron chi connectivity index (χ0n) is 19.8. The first-order chi connectivity index (χ1) is 17.2. The Morgan fingerprint density at radius 1 is 1.36 bits per heavy atom. The summed E-state index contributed by atoms with van der Waals surface area (Å²) >= 11 is 5.80. The molecule has 3 N–H and O–H groups in total. The molecule has 0 radical (unpaired) electrons. The number of halogens is 1. The zero-order chi connectivity index (χ0) is 25.5. The van der Waals surface area contributed by atoms with Crippen LogP contribution in [0.2, 0.25) is 0 Å². The van der Waals surface area contributed by atoms with Crippen molar-refractivity contribution < 1.29 is 28.9 Å². The van der Waals surface area contributed by atoms with Crippen molar-refractivity contribution in [1.29, 1.82) is 0 Å². The number of aliphatic hydroxyl groups excluding tert-OH is 1. The molecule has 1 amide bonds. The summed E-state index contributed by atoms with van der Waals surface area (Å²) in [6.45, 7) is 3.15. The van der Waals surface area contributed by atoms with Crippen LogP contribution >= 0.6 is 12.2 Å². The number of aryl methyl sites for hydroxylation is 1. The van der Waals surface area contributed by atoms with Gasteiger partial charge in [0.2, 0.25) is 5.91 Å². The minimum atomic E-state index is -1.82. The zero-order valence-corrected chi connectivity index (χ0v) is 20.6. The van der Waals surface area contributed by atoms with Gasteiger partial charge in [0.25, 0.3) is 0 Å². The third kappa shape index (κ3) is 2.98. The average Bonchev–Trinajstić information content (AvgIpc) is 3.24. The summed E-state index contributed by atoms with van der Waals surface area (Å²) in [4.78, 5) is 29.5. The number of aromatic nitrogens is 2. The van der Waals surface area contributed by atoms with Crippen molar-refractivity contribution in [3.8, 4) is 11.4 Å². The molecule has 0 saturated heterocycles. The van der Waals surface area contributed by atoms with E-state index < -0.39 is 30.1 Å². The van der Waals surface area contributed by atoms with Crippen LogP contribution in [0.1, 0.15) is 59.2 Å². The van der Waals surface area contributed by atoms with E-state index in [1.807, 2.05) is 4.57 Å². The molecule has 8 nitrogen and oxygen atoms in total. The first-order valence-corrected chi connectivity index (χ1v) is 12.3. The number of esters is 1. The largest absolute Gasteiger partial charge is 0.458 e. The monoisotopic (exact) mass is 509 g/mol. The summed E-state index contributed by atoms with van der Waals surface area (Å²) in [6, 6.07) is 2.75. The SMILES string of the molecule is CC[C@@]1(O)C(=O)OCc2c1cc1n(c2=S)Cc2c-1nc1cc(F)c(C)c3c1c2[C@H](NC(=O)CO)CC3. The average molecular weight is 510 g/mol. The highest BCUT2D eigenvalue weighted by atomic mass is 32.1. The highest BCUT2D eigenvalue weighted by Gasteiger charge is 2.45. The molecule has 6 rings (SSSR count). The Morgan fingerprint density at radius 2 is 2.14 bits per heavy atom. The summed E-state index contributed by atoms with van der Waals surface area (Å²) in [5, 5.41) is 24.3. The molecule has 3 aliphatic rings. The Balaban J connectivity index is 1.66. The number of benzene rings is 1. The number of hydrogen-bond donors (Lipinski definition) is 3. The molecule has 36 heavy (non-hydrogen) atoms. The lowest BCUT2D eigenvalue weighted by molar-refractivity contribution is -0.172. The quantitative estimate of drug-likeness (QED) is 0.287. The third-order valence-electron chi connectivity index (χ3n) is 7.86. The molecule has 4 heterocycles. The second kappa shape index (κ2) is 7.89. The van der Waals surface area contributed by atoms with E-state index in [2.05, 4.69) is 5.32 Å². The van der Waals surface area contributed by atoms with E-state index in [4.69, 9.17) is 21.9 Å². The van der Waals surface area contributed by atoms with Crippen molar-refractivity contribution in [2.24, 2.45) is 0 Å². The lowest BCUT2D eigenvalue weighted by Crippen LogP contribution is -2.41. The summed E-state index contributed by atoms with van der Waals surface area (Å²) in [6.07, 6.45) is 1.22. The molecule has 186 valence electrons. The number of ether oxygens (including phenoxy) is 1. The lowest BCUT2D eigenvalue weighted by Gasteiger charge is -2.32. The fourth-order valence-corrected chi connectivity index (χ4v) is 6.27. The predicted octanol–water partition coefficient (Wildman–Crippen LogP) is 2.99. The van der Waals surface area contributed by atoms with E-state index in [0.29, 0.717) is 57.6 Å². The first kappa shape index (κ1) is 23.2. The van der Waals surface area contributed by atoms with E-state index in [0.717, 1.165) is 22.1 Å². The molecule has 0 spiro atoms. The maximum absolute atomic E-state index is 14.9. The van der Waals surface area contributed by atoms with Crippen LogP contribution in [0.3, 0.4) is 0 Å². The number of carbonyl (C=O) groups excluding carboxylic acids is 2. The number of aliphatic hydroxyl groups is 2. The summed E-state index contributed by atoms with van der Waals surface area (Å²) < 4.78 is 22.5. The van der Waals surface area contributed by atoms with Crippen molar-refractivity contribution in [3.63, 3.8) is 0 Å². The summed E-state index contributed by atoms with van der Waals surface area (Å²) in [5.74, 6) is -1.56. The van der Waals surface area contributed by atoms with Gasteiger partial charge in [-0.15, -0.1) is 0 Å². The molecular formula is C26H24FN3O5S. The maximum Gasteiger partial charge on any atom is 0.343 e. The van der Waals surface area contributed by atoms with Crippen LogP contribution in [0.5, 0.6) is 0 Å². The smallest absolute Gasteiger partial charge is 0.343 e. The van der Waals surface area contributed by atoms with E-state index in [-0.39, 0.29) is 18.8 Å². The number of fused-ring (bicyclic) bond motifs is 5. The van der Waals surface area contributed by atoms with Crippen molar-refractivity contribution in [3.05, 3.63) is 56.0 Å². The molecule has 3 aromatic rings. The van der Waals surface area contributed by atoms with Gasteiger partial charge in [0.1, 0.15) is 23.7 Å². The summed E-state index contributed by atoms with van der Waals surface area (Å²) in [5.41, 5.74) is 3.93. The number of hydrogen-bond acceptors (Lipinski definition) is 7. The second-order valence-electron chi connectivity index (χ2n) is 9.63. The van der Waals surface area contributed by atoms with Gasteiger partial charge >= 0.3 is 5.97 Å². The molecule has 10 heteroatoms. The van der Waals surface area contributed by atoms with Gasteiger partial charge in [-0.2, -0.15) is 0 Å². The molecule has 0 unspecified atom stereocenters. The van der Waals surface area contributed by atoms with Gasteiger partial charge in [0.05, 0.1) is 29.5 Å². The number of pyridine rings is 2. The van der Waals surface area contributed by atoms with Crippen LogP contribution in [0.4, 0.5) is 4.39 Å². The van der Waals surface area contributed by atoms with Crippen LogP contribution in [-0.2, 0) is 39.5 Å². The van der Waals surface area contributed by atoms with Crippen LogP contribution in [0.15, 0.2) is 12.1 Å². The number of amides is 1. The minimum absolute atomic E-state index is 0.0298. The normalized spacial score (nSPS) is 21.6. The molecule has 0 fully saturated rings. The van der Waals surface area contributed by atoms with E-state index in [1.54, 1.807) is 19.9 Å². The molecule has 0 saturated carbocycles. The Morgan fingerprint density at radius 3 is 2.86 bits per heavy atom. The number of nitrogens with zero attached hydrogens (tertiary/aromatic N) is 2. The molecular weight excluding hydrogens is 485 g/mol. The maximum atomic E-state index is 14.9. The highest BCUT2D eigenvalue weighted by molar-refractivity contribution is 7.71. The van der Waals surface area contributed by atoms with Gasteiger partial charge in [-0.3, -0.25) is 4.79 Å². The topological polar surface area (TPSA) is 114 Å². The number of nitrogens with one attached hydrogen (secondary N) is 1. The fraction of sp³-hybridized carbons (Fsp3) is 0.385. The molecule has 2 aliphatic heterocycles. The van der Waals surface area contributed by atoms with Gasteiger partial charge in [-0.1, -0.05) is 19.1 Å². The lowest BCUT2D eigenvalue weighted by atomic mass is 9.81. The van der Waals surface area contributed by atoms with Gasteiger partial charge in [-0.05, 0) is 48.9 Å². The fourth-order valence-electron chi connectivity index (χ4n) is 5.94. The second-order valence-corrected chi connectivity index (χ2v) is 10.0. The molecule has 1 aromatic carbocycles. The van der Waals surface area contributed by atoms with Gasteiger partial charge in [0.15, 0.2) is 5.60 Å². The molecule has 1 aliphatic carbocycles. The Labute approximate surface area is 210 Å². The van der Waals surface area contributed by atoms with Gasteiger partial charge in [0, 0.05) is 28.1 Å². The summed E-state index contributed by atoms with van der Waals surface area (Å²) in [7, 11) is 0. The molecule has 0 bridgehead atoms. The first-order valence-electron chi connectivity index (χ1n) is 11.9. The van der Waals surface area contributed by atoms with Crippen molar-refractivity contribution in [2.75, 3.05) is 6.61 Å². The number of cyclic esters (lactones) is 1. The van der Waals surface area contributed by atoms with E-state index in [9.17, 15) is 24.2 Å².